The Hall–Kier alpha value is -2.80. The normalized spacial score (nSPS) is 12.4. The van der Waals surface area contributed by atoms with E-state index in [2.05, 4.69) is 5.32 Å². The fourth-order valence-corrected chi connectivity index (χ4v) is 2.34. The van der Waals surface area contributed by atoms with Crippen LogP contribution in [0.3, 0.4) is 0 Å². The van der Waals surface area contributed by atoms with Gasteiger partial charge in [0.1, 0.15) is 19.0 Å². The van der Waals surface area contributed by atoms with Gasteiger partial charge in [-0.05, 0) is 36.4 Å². The molecule has 8 heteroatoms. The maximum atomic E-state index is 13.5. The van der Waals surface area contributed by atoms with E-state index in [0.29, 0.717) is 24.7 Å². The Bertz CT molecular complexity index is 827. The van der Waals surface area contributed by atoms with Crippen LogP contribution in [0.4, 0.5) is 10.1 Å². The largest absolute Gasteiger partial charge is 0.486 e. The van der Waals surface area contributed by atoms with Gasteiger partial charge in [-0.25, -0.2) is 9.18 Å². The summed E-state index contributed by atoms with van der Waals surface area (Å²) in [7, 11) is 0. The van der Waals surface area contributed by atoms with Crippen LogP contribution in [0.2, 0.25) is 5.02 Å². The molecule has 1 N–H and O–H groups in total. The Labute approximate surface area is 147 Å². The lowest BCUT2D eigenvalue weighted by atomic mass is 10.2. The number of fused-ring (bicyclic) bond motifs is 1. The van der Waals surface area contributed by atoms with E-state index in [1.54, 1.807) is 6.07 Å². The van der Waals surface area contributed by atoms with E-state index >= 15 is 0 Å². The minimum absolute atomic E-state index is 0.0899. The van der Waals surface area contributed by atoms with Crippen molar-refractivity contribution in [2.75, 3.05) is 25.1 Å². The van der Waals surface area contributed by atoms with Gasteiger partial charge in [0.05, 0.1) is 11.3 Å². The molecule has 1 amide bonds. The first-order valence-corrected chi connectivity index (χ1v) is 7.72. The number of esters is 1. The van der Waals surface area contributed by atoms with Gasteiger partial charge in [0.25, 0.3) is 5.91 Å². The van der Waals surface area contributed by atoms with Gasteiger partial charge in [-0.15, -0.1) is 0 Å². The molecule has 0 spiro atoms. The minimum atomic E-state index is -0.710. The summed E-state index contributed by atoms with van der Waals surface area (Å²) in [6.07, 6.45) is 0. The van der Waals surface area contributed by atoms with E-state index in [1.165, 1.54) is 24.3 Å². The summed E-state index contributed by atoms with van der Waals surface area (Å²) in [4.78, 5) is 23.8. The third kappa shape index (κ3) is 4.19. The van der Waals surface area contributed by atoms with Gasteiger partial charge >= 0.3 is 5.97 Å². The van der Waals surface area contributed by atoms with E-state index in [9.17, 15) is 14.0 Å². The van der Waals surface area contributed by atoms with Crippen molar-refractivity contribution in [1.29, 1.82) is 0 Å². The Kier molecular flexibility index (Phi) is 5.04. The molecule has 1 heterocycles. The third-order valence-electron chi connectivity index (χ3n) is 3.31. The number of benzene rings is 2. The number of amides is 1. The Morgan fingerprint density at radius 2 is 1.88 bits per heavy atom. The zero-order valence-electron chi connectivity index (χ0n) is 12.9. The average molecular weight is 366 g/mol. The first-order valence-electron chi connectivity index (χ1n) is 7.34. The molecule has 0 aromatic heterocycles. The summed E-state index contributed by atoms with van der Waals surface area (Å²) in [6, 6.07) is 8.31. The molecule has 0 saturated heterocycles. The number of carbonyl (C=O) groups excluding carboxylic acids is 2. The number of ether oxygens (including phenoxy) is 3. The summed E-state index contributed by atoms with van der Waals surface area (Å²) in [5.41, 5.74) is 0.124. The van der Waals surface area contributed by atoms with Gasteiger partial charge in [-0.3, -0.25) is 4.79 Å². The van der Waals surface area contributed by atoms with Crippen LogP contribution < -0.4 is 14.8 Å². The Morgan fingerprint density at radius 1 is 1.12 bits per heavy atom. The summed E-state index contributed by atoms with van der Waals surface area (Å²) in [6.45, 7) is 0.259. The third-order valence-corrected chi connectivity index (χ3v) is 3.55. The highest BCUT2D eigenvalue weighted by atomic mass is 35.5. The van der Waals surface area contributed by atoms with Crippen LogP contribution in [0.1, 0.15) is 10.4 Å². The molecule has 0 unspecified atom stereocenters. The lowest BCUT2D eigenvalue weighted by Gasteiger charge is -2.18. The zero-order valence-corrected chi connectivity index (χ0v) is 13.6. The van der Waals surface area contributed by atoms with E-state index in [4.69, 9.17) is 25.8 Å². The smallest absolute Gasteiger partial charge is 0.338 e. The van der Waals surface area contributed by atoms with Gasteiger partial charge in [-0.2, -0.15) is 0 Å². The number of nitrogens with one attached hydrogen (secondary N) is 1. The lowest BCUT2D eigenvalue weighted by Crippen LogP contribution is -2.21. The molecule has 0 radical (unpaired) electrons. The molecule has 1 aliphatic heterocycles. The highest BCUT2D eigenvalue weighted by Crippen LogP contribution is 2.30. The molecule has 0 saturated carbocycles. The molecule has 130 valence electrons. The molecule has 2 aromatic carbocycles. The molecule has 2 aromatic rings. The Morgan fingerprint density at radius 3 is 2.68 bits per heavy atom. The van der Waals surface area contributed by atoms with Crippen LogP contribution in [0.25, 0.3) is 0 Å². The fraction of sp³-hybridized carbons (Fsp3) is 0.176. The van der Waals surface area contributed by atoms with Gasteiger partial charge < -0.3 is 19.5 Å². The topological polar surface area (TPSA) is 73.9 Å². The van der Waals surface area contributed by atoms with E-state index in [1.807, 2.05) is 0 Å². The molecular formula is C17H13ClFNO5. The van der Waals surface area contributed by atoms with Crippen molar-refractivity contribution < 1.29 is 28.2 Å². The maximum Gasteiger partial charge on any atom is 0.338 e. The minimum Gasteiger partial charge on any atom is -0.486 e. The SMILES string of the molecule is O=C(COC(=O)c1ccc2c(c1)OCCO2)Nc1cc(Cl)ccc1F. The van der Waals surface area contributed by atoms with Crippen LogP contribution in [0, 0.1) is 5.82 Å². The van der Waals surface area contributed by atoms with Crippen LogP contribution >= 0.6 is 11.6 Å². The summed E-state index contributed by atoms with van der Waals surface area (Å²) in [5, 5.41) is 2.56. The van der Waals surface area contributed by atoms with E-state index in [0.717, 1.165) is 6.07 Å². The second-order valence-electron chi connectivity index (χ2n) is 5.11. The van der Waals surface area contributed by atoms with Gasteiger partial charge in [0.2, 0.25) is 0 Å². The summed E-state index contributed by atoms with van der Waals surface area (Å²) in [5.74, 6) is -1.07. The standard InChI is InChI=1S/C17H13ClFNO5/c18-11-2-3-12(19)13(8-11)20-16(21)9-25-17(22)10-1-4-14-15(7-10)24-6-5-23-14/h1-4,7-8H,5-6,9H2,(H,20,21). The number of carbonyl (C=O) groups is 2. The average Bonchev–Trinajstić information content (AvgIpc) is 2.62. The predicted octanol–water partition coefficient (Wildman–Crippen LogP) is 3.05. The van der Waals surface area contributed by atoms with Crippen LogP contribution in [-0.4, -0.2) is 31.7 Å². The molecule has 0 aliphatic carbocycles. The van der Waals surface area contributed by atoms with Crippen molar-refractivity contribution in [3.8, 4) is 11.5 Å². The van der Waals surface area contributed by atoms with Crippen LogP contribution in [0.15, 0.2) is 36.4 Å². The fourth-order valence-electron chi connectivity index (χ4n) is 2.16. The molecule has 1 aliphatic rings. The summed E-state index contributed by atoms with van der Waals surface area (Å²) < 4.78 is 29.2. The quantitative estimate of drug-likeness (QED) is 0.843. The van der Waals surface area contributed by atoms with Crippen molar-refractivity contribution in [3.05, 3.63) is 52.8 Å². The highest BCUT2D eigenvalue weighted by Gasteiger charge is 2.17. The van der Waals surface area contributed by atoms with Crippen molar-refractivity contribution >= 4 is 29.2 Å². The number of hydrogen-bond acceptors (Lipinski definition) is 5. The molecule has 25 heavy (non-hydrogen) atoms. The summed E-state index contributed by atoms with van der Waals surface area (Å²) >= 11 is 5.74. The molecule has 3 rings (SSSR count). The lowest BCUT2D eigenvalue weighted by molar-refractivity contribution is -0.119. The molecular weight excluding hydrogens is 353 g/mol. The van der Waals surface area contributed by atoms with Crippen molar-refractivity contribution in [2.24, 2.45) is 0 Å². The number of rotatable bonds is 4. The number of halogens is 2. The number of hydrogen-bond donors (Lipinski definition) is 1. The zero-order chi connectivity index (χ0) is 17.8. The molecule has 0 atom stereocenters. The second-order valence-corrected chi connectivity index (χ2v) is 5.54. The molecule has 0 fully saturated rings. The monoisotopic (exact) mass is 365 g/mol. The van der Waals surface area contributed by atoms with Crippen LogP contribution in [-0.2, 0) is 9.53 Å². The van der Waals surface area contributed by atoms with Crippen molar-refractivity contribution in [1.82, 2.24) is 0 Å². The second kappa shape index (κ2) is 7.40. The predicted molar refractivity (Wildman–Crippen MR) is 87.8 cm³/mol. The van der Waals surface area contributed by atoms with Crippen LogP contribution in [0.5, 0.6) is 11.5 Å². The van der Waals surface area contributed by atoms with Gasteiger partial charge in [0, 0.05) is 5.02 Å². The first-order chi connectivity index (χ1) is 12.0. The van der Waals surface area contributed by atoms with Crippen molar-refractivity contribution in [3.63, 3.8) is 0 Å². The first kappa shape index (κ1) is 17.0. The highest BCUT2D eigenvalue weighted by molar-refractivity contribution is 6.30. The van der Waals surface area contributed by atoms with Gasteiger partial charge in [0.15, 0.2) is 18.1 Å². The van der Waals surface area contributed by atoms with Crippen molar-refractivity contribution in [2.45, 2.75) is 0 Å². The van der Waals surface area contributed by atoms with E-state index in [-0.39, 0.29) is 16.3 Å². The molecule has 0 bridgehead atoms. The van der Waals surface area contributed by atoms with E-state index < -0.39 is 24.3 Å². The number of anilines is 1. The molecule has 6 nitrogen and oxygen atoms in total. The van der Waals surface area contributed by atoms with Gasteiger partial charge in [-0.1, -0.05) is 11.6 Å². The maximum absolute atomic E-state index is 13.5. The Balaban J connectivity index is 1.58.